The Morgan fingerprint density at radius 2 is 2.14 bits per heavy atom. The van der Waals surface area contributed by atoms with Crippen LogP contribution in [0.3, 0.4) is 0 Å². The third-order valence-corrected chi connectivity index (χ3v) is 3.49. The van der Waals surface area contributed by atoms with Crippen LogP contribution in [0.4, 0.5) is 4.39 Å². The Morgan fingerprint density at radius 1 is 1.41 bits per heavy atom. The maximum absolute atomic E-state index is 13.8. The van der Waals surface area contributed by atoms with Crippen molar-refractivity contribution in [1.29, 1.82) is 0 Å². The van der Waals surface area contributed by atoms with Crippen molar-refractivity contribution in [3.05, 3.63) is 29.6 Å². The van der Waals surface area contributed by atoms with Gasteiger partial charge in [0.1, 0.15) is 0 Å². The quantitative estimate of drug-likeness (QED) is 0.421. The minimum atomic E-state index is -0.335. The van der Waals surface area contributed by atoms with Crippen LogP contribution in [0.25, 0.3) is 0 Å². The summed E-state index contributed by atoms with van der Waals surface area (Å²) in [6.45, 7) is 7.80. The van der Waals surface area contributed by atoms with Crippen molar-refractivity contribution in [2.24, 2.45) is 10.9 Å². The summed E-state index contributed by atoms with van der Waals surface area (Å²) >= 11 is 0. The molecule has 1 aromatic rings. The van der Waals surface area contributed by atoms with Gasteiger partial charge in [0, 0.05) is 12.6 Å². The van der Waals surface area contributed by atoms with Gasteiger partial charge < -0.3 is 15.4 Å². The fraction of sp³-hybridized carbons (Fsp3) is 0.562. The van der Waals surface area contributed by atoms with Crippen LogP contribution in [0.2, 0.25) is 0 Å². The molecule has 1 fully saturated rings. The zero-order chi connectivity index (χ0) is 15.2. The van der Waals surface area contributed by atoms with Crippen molar-refractivity contribution in [3.63, 3.8) is 0 Å². The second kappa shape index (κ2) is 9.17. The lowest BCUT2D eigenvalue weighted by molar-refractivity contribution is 0.321. The molecule has 0 aliphatic heterocycles. The smallest absolute Gasteiger partial charge is 0.191 e. The first kappa shape index (κ1) is 19.0. The Hall–Kier alpha value is -1.05. The minimum absolute atomic E-state index is 0. The van der Waals surface area contributed by atoms with Crippen LogP contribution >= 0.6 is 24.0 Å². The van der Waals surface area contributed by atoms with Gasteiger partial charge in [-0.25, -0.2) is 9.38 Å². The Kier molecular flexibility index (Phi) is 7.92. The summed E-state index contributed by atoms with van der Waals surface area (Å²) < 4.78 is 19.0. The Labute approximate surface area is 148 Å². The van der Waals surface area contributed by atoms with Gasteiger partial charge in [0.2, 0.25) is 0 Å². The van der Waals surface area contributed by atoms with E-state index < -0.39 is 0 Å². The Bertz CT molecular complexity index is 510. The van der Waals surface area contributed by atoms with Crippen molar-refractivity contribution in [1.82, 2.24) is 10.6 Å². The van der Waals surface area contributed by atoms with Gasteiger partial charge in [-0.15, -0.1) is 24.0 Å². The molecule has 6 heteroatoms. The molecule has 0 aromatic heterocycles. The summed E-state index contributed by atoms with van der Waals surface area (Å²) in [5.41, 5.74) is 0.831. The SMILES string of the molecule is CCNC(=NCc1ccc(OCC)c(F)c1)NC1CC1C.I. The Balaban J connectivity index is 0.00000242. The average Bonchev–Trinajstić information content (AvgIpc) is 3.15. The van der Waals surface area contributed by atoms with Crippen molar-refractivity contribution in [3.8, 4) is 5.75 Å². The molecule has 1 saturated carbocycles. The molecule has 0 amide bonds. The van der Waals surface area contributed by atoms with Crippen LogP contribution in [0.5, 0.6) is 5.75 Å². The molecule has 22 heavy (non-hydrogen) atoms. The molecule has 124 valence electrons. The highest BCUT2D eigenvalue weighted by atomic mass is 127. The summed E-state index contributed by atoms with van der Waals surface area (Å²) in [7, 11) is 0. The van der Waals surface area contributed by atoms with Crippen LogP contribution in [0.1, 0.15) is 32.8 Å². The van der Waals surface area contributed by atoms with Gasteiger partial charge in [-0.05, 0) is 43.9 Å². The fourth-order valence-corrected chi connectivity index (χ4v) is 2.10. The third-order valence-electron chi connectivity index (χ3n) is 3.49. The number of halogens is 2. The van der Waals surface area contributed by atoms with E-state index >= 15 is 0 Å². The summed E-state index contributed by atoms with van der Waals surface area (Å²) in [6, 6.07) is 5.51. The number of hydrogen-bond acceptors (Lipinski definition) is 2. The standard InChI is InChI=1S/C16H24FN3O.HI/c1-4-18-16(20-14-8-11(14)3)19-10-12-6-7-15(21-5-2)13(17)9-12;/h6-7,9,11,14H,4-5,8,10H2,1-3H3,(H2,18,19,20);1H. The number of hydrogen-bond donors (Lipinski definition) is 2. The molecule has 0 spiro atoms. The molecule has 1 aliphatic carbocycles. The van der Waals surface area contributed by atoms with E-state index in [4.69, 9.17) is 4.74 Å². The van der Waals surface area contributed by atoms with E-state index in [1.54, 1.807) is 6.07 Å². The first-order chi connectivity index (χ1) is 10.1. The number of rotatable bonds is 6. The minimum Gasteiger partial charge on any atom is -0.491 e. The van der Waals surface area contributed by atoms with Gasteiger partial charge in [-0.1, -0.05) is 13.0 Å². The lowest BCUT2D eigenvalue weighted by Gasteiger charge is -2.11. The number of guanidine groups is 1. The van der Waals surface area contributed by atoms with Crippen molar-refractivity contribution >= 4 is 29.9 Å². The Morgan fingerprint density at radius 3 is 2.68 bits per heavy atom. The molecule has 0 radical (unpaired) electrons. The van der Waals surface area contributed by atoms with Crippen LogP contribution in [0, 0.1) is 11.7 Å². The number of benzene rings is 1. The average molecular weight is 421 g/mol. The van der Waals surface area contributed by atoms with E-state index in [0.717, 1.165) is 18.1 Å². The summed E-state index contributed by atoms with van der Waals surface area (Å²) in [5, 5.41) is 6.59. The zero-order valence-electron chi connectivity index (χ0n) is 13.4. The highest BCUT2D eigenvalue weighted by molar-refractivity contribution is 14.0. The second-order valence-electron chi connectivity index (χ2n) is 5.36. The predicted octanol–water partition coefficient (Wildman–Crippen LogP) is 3.31. The molecule has 4 nitrogen and oxygen atoms in total. The topological polar surface area (TPSA) is 45.7 Å². The lowest BCUT2D eigenvalue weighted by atomic mass is 10.2. The molecule has 2 atom stereocenters. The van der Waals surface area contributed by atoms with E-state index in [2.05, 4.69) is 22.5 Å². The van der Waals surface area contributed by atoms with Gasteiger partial charge in [-0.2, -0.15) is 0 Å². The van der Waals surface area contributed by atoms with Gasteiger partial charge in [0.25, 0.3) is 0 Å². The highest BCUT2D eigenvalue weighted by Gasteiger charge is 2.33. The first-order valence-electron chi connectivity index (χ1n) is 7.60. The molecule has 1 aliphatic rings. The van der Waals surface area contributed by atoms with E-state index in [9.17, 15) is 4.39 Å². The predicted molar refractivity (Wildman–Crippen MR) is 98.5 cm³/mol. The van der Waals surface area contributed by atoms with Crippen molar-refractivity contribution in [2.45, 2.75) is 39.8 Å². The lowest BCUT2D eigenvalue weighted by Crippen LogP contribution is -2.39. The third kappa shape index (κ3) is 5.62. The van der Waals surface area contributed by atoms with Crippen molar-refractivity contribution in [2.75, 3.05) is 13.2 Å². The van der Waals surface area contributed by atoms with E-state index in [1.165, 1.54) is 12.5 Å². The fourth-order valence-electron chi connectivity index (χ4n) is 2.10. The molecule has 2 rings (SSSR count). The van der Waals surface area contributed by atoms with Crippen LogP contribution < -0.4 is 15.4 Å². The zero-order valence-corrected chi connectivity index (χ0v) is 15.7. The maximum Gasteiger partial charge on any atom is 0.191 e. The summed E-state index contributed by atoms with van der Waals surface area (Å²) in [4.78, 5) is 4.50. The molecule has 1 aromatic carbocycles. The van der Waals surface area contributed by atoms with Crippen LogP contribution in [-0.2, 0) is 6.54 Å². The normalized spacial score (nSPS) is 20.1. The highest BCUT2D eigenvalue weighted by Crippen LogP contribution is 2.28. The van der Waals surface area contributed by atoms with E-state index in [1.807, 2.05) is 19.9 Å². The first-order valence-corrected chi connectivity index (χ1v) is 7.60. The van der Waals surface area contributed by atoms with E-state index in [0.29, 0.717) is 30.9 Å². The number of ether oxygens (including phenoxy) is 1. The van der Waals surface area contributed by atoms with Gasteiger partial charge in [0.05, 0.1) is 13.2 Å². The molecule has 2 unspecified atom stereocenters. The molecule has 0 bridgehead atoms. The van der Waals surface area contributed by atoms with Crippen molar-refractivity contribution < 1.29 is 9.13 Å². The second-order valence-corrected chi connectivity index (χ2v) is 5.36. The molecular weight excluding hydrogens is 396 g/mol. The molecular formula is C16H25FIN3O. The van der Waals surface area contributed by atoms with Gasteiger partial charge in [0.15, 0.2) is 17.5 Å². The molecule has 0 heterocycles. The number of aliphatic imine (C=N–C) groups is 1. The van der Waals surface area contributed by atoms with E-state index in [-0.39, 0.29) is 29.8 Å². The van der Waals surface area contributed by atoms with Crippen LogP contribution in [-0.4, -0.2) is 25.2 Å². The van der Waals surface area contributed by atoms with Crippen LogP contribution in [0.15, 0.2) is 23.2 Å². The molecule has 2 N–H and O–H groups in total. The van der Waals surface area contributed by atoms with Gasteiger partial charge in [-0.3, -0.25) is 0 Å². The van der Waals surface area contributed by atoms with Gasteiger partial charge >= 0.3 is 0 Å². The largest absolute Gasteiger partial charge is 0.491 e. The number of nitrogens with zero attached hydrogens (tertiary/aromatic N) is 1. The summed E-state index contributed by atoms with van der Waals surface area (Å²) in [6.07, 6.45) is 1.18. The summed E-state index contributed by atoms with van der Waals surface area (Å²) in [5.74, 6) is 1.46. The maximum atomic E-state index is 13.8. The molecule has 0 saturated heterocycles. The monoisotopic (exact) mass is 421 g/mol. The number of nitrogens with one attached hydrogen (secondary N) is 2.